The van der Waals surface area contributed by atoms with Crippen molar-refractivity contribution in [1.29, 1.82) is 0 Å². The molecule has 0 fully saturated rings. The first-order valence-electron chi connectivity index (χ1n) is 3.13. The number of aldehydes is 1. The fourth-order valence-electron chi connectivity index (χ4n) is 0.329. The second-order valence-corrected chi connectivity index (χ2v) is 1.86. The number of aliphatic hydroxyl groups is 4. The molecular weight excluding hydrogens is 140 g/mol. The van der Waals surface area contributed by atoms with Gasteiger partial charge < -0.3 is 25.2 Å². The van der Waals surface area contributed by atoms with Crippen LogP contribution in [0.3, 0.4) is 0 Å². The predicted octanol–water partition coefficient (Wildman–Crippen LogP) is -2.74. The summed E-state index contributed by atoms with van der Waals surface area (Å²) in [6.45, 7) is -3.18. The molecule has 0 spiro atoms. The van der Waals surface area contributed by atoms with E-state index in [4.69, 9.17) is 21.8 Å². The lowest BCUT2D eigenvalue weighted by Gasteiger charge is -2.24. The SMILES string of the molecule is [2H]C(O)[C@@](O)(CO)[C@@H](O)C=O. The minimum atomic E-state index is -2.48. The van der Waals surface area contributed by atoms with E-state index >= 15 is 0 Å². The van der Waals surface area contributed by atoms with Gasteiger partial charge in [0.2, 0.25) is 0 Å². The van der Waals surface area contributed by atoms with Crippen molar-refractivity contribution in [2.24, 2.45) is 0 Å². The first-order valence-corrected chi connectivity index (χ1v) is 2.56. The molecule has 10 heavy (non-hydrogen) atoms. The molecule has 0 aromatic rings. The molecule has 5 heteroatoms. The van der Waals surface area contributed by atoms with Gasteiger partial charge in [-0.25, -0.2) is 0 Å². The Morgan fingerprint density at radius 1 is 1.70 bits per heavy atom. The molecule has 5 nitrogen and oxygen atoms in total. The van der Waals surface area contributed by atoms with Crippen molar-refractivity contribution in [3.8, 4) is 0 Å². The second kappa shape index (κ2) is 3.62. The molecule has 0 rings (SSSR count). The van der Waals surface area contributed by atoms with Crippen molar-refractivity contribution in [3.05, 3.63) is 0 Å². The Hall–Kier alpha value is -0.490. The van der Waals surface area contributed by atoms with Crippen LogP contribution in [0.1, 0.15) is 1.37 Å². The Bertz CT molecular complexity index is 139. The Balaban J connectivity index is 4.44. The van der Waals surface area contributed by atoms with Crippen LogP contribution in [0.2, 0.25) is 0 Å². The monoisotopic (exact) mass is 151 g/mol. The van der Waals surface area contributed by atoms with E-state index in [1.165, 1.54) is 0 Å². The molecule has 0 bridgehead atoms. The molecular formula is C5H10O5. The summed E-state index contributed by atoms with van der Waals surface area (Å²) in [5, 5.41) is 34.6. The van der Waals surface area contributed by atoms with Gasteiger partial charge in [-0.05, 0) is 0 Å². The highest BCUT2D eigenvalue weighted by atomic mass is 16.4. The Morgan fingerprint density at radius 3 is 2.30 bits per heavy atom. The van der Waals surface area contributed by atoms with E-state index < -0.39 is 24.9 Å². The first kappa shape index (κ1) is 7.62. The van der Waals surface area contributed by atoms with Crippen LogP contribution in [0.5, 0.6) is 0 Å². The topological polar surface area (TPSA) is 98.0 Å². The smallest absolute Gasteiger partial charge is 0.151 e. The molecule has 0 aliphatic heterocycles. The van der Waals surface area contributed by atoms with Crippen LogP contribution in [0.15, 0.2) is 0 Å². The van der Waals surface area contributed by atoms with Gasteiger partial charge in [-0.3, -0.25) is 0 Å². The van der Waals surface area contributed by atoms with Crippen molar-refractivity contribution in [2.75, 3.05) is 13.2 Å². The predicted molar refractivity (Wildman–Crippen MR) is 31.2 cm³/mol. The van der Waals surface area contributed by atoms with E-state index in [1.54, 1.807) is 0 Å². The van der Waals surface area contributed by atoms with E-state index in [1.807, 2.05) is 0 Å². The molecule has 0 aliphatic carbocycles. The number of hydrogen-bond acceptors (Lipinski definition) is 5. The molecule has 0 heterocycles. The second-order valence-electron chi connectivity index (χ2n) is 1.86. The lowest BCUT2D eigenvalue weighted by Crippen LogP contribution is -2.49. The zero-order valence-corrected chi connectivity index (χ0v) is 5.14. The lowest BCUT2D eigenvalue weighted by molar-refractivity contribution is -0.147. The summed E-state index contributed by atoms with van der Waals surface area (Å²) >= 11 is 0. The largest absolute Gasteiger partial charge is 0.393 e. The van der Waals surface area contributed by atoms with Crippen LogP contribution in [0.25, 0.3) is 0 Å². The van der Waals surface area contributed by atoms with Crippen molar-refractivity contribution >= 4 is 6.29 Å². The third-order valence-electron chi connectivity index (χ3n) is 1.12. The molecule has 4 N–H and O–H groups in total. The number of aliphatic hydroxyl groups excluding tert-OH is 3. The summed E-state index contributed by atoms with van der Waals surface area (Å²) in [5.41, 5.74) is -2.48. The van der Waals surface area contributed by atoms with Gasteiger partial charge in [0.05, 0.1) is 14.6 Å². The van der Waals surface area contributed by atoms with Gasteiger partial charge in [0.15, 0.2) is 6.29 Å². The van der Waals surface area contributed by atoms with Crippen molar-refractivity contribution in [3.63, 3.8) is 0 Å². The molecule has 60 valence electrons. The minimum absolute atomic E-state index is 0.0615. The van der Waals surface area contributed by atoms with Crippen LogP contribution in [0.4, 0.5) is 0 Å². The summed E-state index contributed by atoms with van der Waals surface area (Å²) in [5.74, 6) is 0. The van der Waals surface area contributed by atoms with Gasteiger partial charge >= 0.3 is 0 Å². The molecule has 0 radical (unpaired) electrons. The number of hydrogen-bond donors (Lipinski definition) is 4. The third-order valence-corrected chi connectivity index (χ3v) is 1.12. The van der Waals surface area contributed by atoms with E-state index in [2.05, 4.69) is 0 Å². The van der Waals surface area contributed by atoms with Gasteiger partial charge in [-0.1, -0.05) is 0 Å². The molecule has 0 aliphatic rings. The highest BCUT2D eigenvalue weighted by Gasteiger charge is 2.33. The van der Waals surface area contributed by atoms with Gasteiger partial charge in [-0.15, -0.1) is 0 Å². The van der Waals surface area contributed by atoms with Gasteiger partial charge in [0.25, 0.3) is 0 Å². The Labute approximate surface area is 58.9 Å². The van der Waals surface area contributed by atoms with Crippen LogP contribution in [-0.2, 0) is 4.79 Å². The standard InChI is InChI=1S/C5H10O5/c6-1-4(9)5(10,2-7)3-8/h1,4,7-10H,2-3H2/t4-/m0/s1/i2D/t2?,4-,5+. The van der Waals surface area contributed by atoms with Crippen LogP contribution < -0.4 is 0 Å². The summed E-state index contributed by atoms with van der Waals surface area (Å²) in [6.07, 6.45) is -2.02. The Morgan fingerprint density at radius 2 is 2.20 bits per heavy atom. The average Bonchev–Trinajstić information content (AvgIpc) is 2.01. The summed E-state index contributed by atoms with van der Waals surface area (Å²) < 4.78 is 6.59. The van der Waals surface area contributed by atoms with Crippen molar-refractivity contribution < 1.29 is 26.6 Å². The molecule has 0 amide bonds. The number of rotatable bonds is 4. The maximum Gasteiger partial charge on any atom is 0.151 e. The number of carbonyl (C=O) groups is 1. The van der Waals surface area contributed by atoms with E-state index in [0.717, 1.165) is 0 Å². The van der Waals surface area contributed by atoms with Crippen LogP contribution in [0, 0.1) is 0 Å². The molecule has 3 atom stereocenters. The highest BCUT2D eigenvalue weighted by molar-refractivity contribution is 5.58. The third kappa shape index (κ3) is 1.74. The maximum absolute atomic E-state index is 9.90. The van der Waals surface area contributed by atoms with Gasteiger partial charge in [-0.2, -0.15) is 0 Å². The molecule has 0 saturated carbocycles. The van der Waals surface area contributed by atoms with Crippen LogP contribution in [-0.4, -0.2) is 51.6 Å². The minimum Gasteiger partial charge on any atom is -0.393 e. The van der Waals surface area contributed by atoms with Gasteiger partial charge in [0, 0.05) is 0 Å². The normalized spacial score (nSPS) is 24.2. The maximum atomic E-state index is 9.90. The first-order chi connectivity index (χ1) is 4.99. The molecule has 0 aromatic heterocycles. The summed E-state index contributed by atoms with van der Waals surface area (Å²) in [6, 6.07) is 0. The zero-order chi connectivity index (χ0) is 9.07. The van der Waals surface area contributed by atoms with E-state index in [9.17, 15) is 4.79 Å². The Kier molecular flexibility index (Phi) is 2.76. The molecule has 0 saturated heterocycles. The zero-order valence-electron chi connectivity index (χ0n) is 6.14. The number of carbonyl (C=O) groups excluding carboxylic acids is 1. The lowest BCUT2D eigenvalue weighted by atomic mass is 10.0. The summed E-state index contributed by atoms with van der Waals surface area (Å²) in [4.78, 5) is 9.90. The quantitative estimate of drug-likeness (QED) is 0.327. The fraction of sp³-hybridized carbons (Fsp3) is 0.800. The van der Waals surface area contributed by atoms with Crippen molar-refractivity contribution in [2.45, 2.75) is 11.7 Å². The van der Waals surface area contributed by atoms with E-state index in [0.29, 0.717) is 0 Å². The summed E-state index contributed by atoms with van der Waals surface area (Å²) in [7, 11) is 0. The van der Waals surface area contributed by atoms with Gasteiger partial charge in [0.1, 0.15) is 11.7 Å². The van der Waals surface area contributed by atoms with Crippen molar-refractivity contribution in [1.82, 2.24) is 0 Å². The van der Waals surface area contributed by atoms with Crippen LogP contribution >= 0.6 is 0 Å². The average molecular weight is 151 g/mol. The fourth-order valence-corrected chi connectivity index (χ4v) is 0.329. The molecule has 0 aromatic carbocycles. The molecule has 1 unspecified atom stereocenters. The highest BCUT2D eigenvalue weighted by Crippen LogP contribution is 2.06. The van der Waals surface area contributed by atoms with E-state index in [-0.39, 0.29) is 6.29 Å².